The first-order valence-electron chi connectivity index (χ1n) is 5.85. The van der Waals surface area contributed by atoms with Gasteiger partial charge in [-0.1, -0.05) is 25.4 Å². The van der Waals surface area contributed by atoms with Crippen molar-refractivity contribution in [3.63, 3.8) is 0 Å². The second-order valence-electron chi connectivity index (χ2n) is 5.00. The third kappa shape index (κ3) is 4.05. The number of amides is 1. The number of benzene rings is 1. The summed E-state index contributed by atoms with van der Waals surface area (Å²) in [6.07, 6.45) is 0.614. The Morgan fingerprint density at radius 2 is 2.00 bits per heavy atom. The van der Waals surface area contributed by atoms with Gasteiger partial charge in [-0.25, -0.2) is 0 Å². The van der Waals surface area contributed by atoms with E-state index in [-0.39, 0.29) is 5.91 Å². The minimum atomic E-state index is -0.842. The van der Waals surface area contributed by atoms with Gasteiger partial charge in [0.25, 0.3) is 5.91 Å². The molecule has 0 aliphatic rings. The first-order valence-corrected chi connectivity index (χ1v) is 6.23. The van der Waals surface area contributed by atoms with E-state index in [0.29, 0.717) is 22.9 Å². The predicted molar refractivity (Wildman–Crippen MR) is 72.4 cm³/mol. The minimum absolute atomic E-state index is 0.253. The van der Waals surface area contributed by atoms with Gasteiger partial charge in [-0.3, -0.25) is 4.79 Å². The minimum Gasteiger partial charge on any atom is -0.334 e. The van der Waals surface area contributed by atoms with Crippen LogP contribution in [0.25, 0.3) is 0 Å². The predicted octanol–water partition coefficient (Wildman–Crippen LogP) is 3.40. The second-order valence-corrected chi connectivity index (χ2v) is 5.44. The molecule has 0 heterocycles. The fourth-order valence-corrected chi connectivity index (χ4v) is 1.99. The SMILES string of the molecule is CC(C)CC(C)(C#N)NC(=O)c1ccc(Cl)cc1. The highest BCUT2D eigenvalue weighted by atomic mass is 35.5. The number of nitrogens with one attached hydrogen (secondary N) is 1. The molecule has 1 aromatic rings. The molecule has 1 rings (SSSR count). The summed E-state index contributed by atoms with van der Waals surface area (Å²) in [6.45, 7) is 5.77. The van der Waals surface area contributed by atoms with Crippen LogP contribution in [0.5, 0.6) is 0 Å². The fourth-order valence-electron chi connectivity index (χ4n) is 1.87. The normalized spacial score (nSPS) is 13.8. The molecule has 0 aliphatic heterocycles. The van der Waals surface area contributed by atoms with E-state index >= 15 is 0 Å². The quantitative estimate of drug-likeness (QED) is 0.906. The molecule has 1 aromatic carbocycles. The summed E-state index contributed by atoms with van der Waals surface area (Å²) in [5.41, 5.74) is -0.338. The number of nitrogens with zero attached hydrogens (tertiary/aromatic N) is 1. The standard InChI is InChI=1S/C14H17ClN2O/c1-10(2)8-14(3,9-16)17-13(18)11-4-6-12(15)7-5-11/h4-7,10H,8H2,1-3H3,(H,17,18). The molecule has 4 heteroatoms. The zero-order valence-corrected chi connectivity index (χ0v) is 11.6. The monoisotopic (exact) mass is 264 g/mol. The molecule has 0 saturated carbocycles. The summed E-state index contributed by atoms with van der Waals surface area (Å²) in [5, 5.41) is 12.5. The molecule has 96 valence electrons. The van der Waals surface area contributed by atoms with Crippen molar-refractivity contribution < 1.29 is 4.79 Å². The van der Waals surface area contributed by atoms with E-state index < -0.39 is 5.54 Å². The fraction of sp³-hybridized carbons (Fsp3) is 0.429. The van der Waals surface area contributed by atoms with E-state index in [1.54, 1.807) is 31.2 Å². The molecule has 1 unspecified atom stereocenters. The topological polar surface area (TPSA) is 52.9 Å². The van der Waals surface area contributed by atoms with Crippen LogP contribution < -0.4 is 5.32 Å². The van der Waals surface area contributed by atoms with E-state index in [2.05, 4.69) is 11.4 Å². The largest absolute Gasteiger partial charge is 0.334 e. The number of rotatable bonds is 4. The highest BCUT2D eigenvalue weighted by Gasteiger charge is 2.27. The molecule has 0 radical (unpaired) electrons. The van der Waals surface area contributed by atoms with Gasteiger partial charge in [0.15, 0.2) is 0 Å². The van der Waals surface area contributed by atoms with Crippen molar-refractivity contribution in [1.29, 1.82) is 5.26 Å². The van der Waals surface area contributed by atoms with Crippen molar-refractivity contribution in [3.8, 4) is 6.07 Å². The molecule has 18 heavy (non-hydrogen) atoms. The van der Waals surface area contributed by atoms with Gasteiger partial charge in [-0.05, 0) is 43.5 Å². The second kappa shape index (κ2) is 5.88. The highest BCUT2D eigenvalue weighted by Crippen LogP contribution is 2.17. The molecule has 1 atom stereocenters. The van der Waals surface area contributed by atoms with Gasteiger partial charge in [0, 0.05) is 10.6 Å². The average molecular weight is 265 g/mol. The first-order chi connectivity index (χ1) is 8.36. The van der Waals surface area contributed by atoms with Crippen molar-refractivity contribution in [2.75, 3.05) is 0 Å². The molecule has 0 bridgehead atoms. The van der Waals surface area contributed by atoms with E-state index in [1.807, 2.05) is 13.8 Å². The molecule has 0 aliphatic carbocycles. The lowest BCUT2D eigenvalue weighted by Crippen LogP contribution is -2.45. The maximum Gasteiger partial charge on any atom is 0.252 e. The molecule has 0 saturated heterocycles. The van der Waals surface area contributed by atoms with Crippen molar-refractivity contribution in [1.82, 2.24) is 5.32 Å². The van der Waals surface area contributed by atoms with E-state index in [9.17, 15) is 10.1 Å². The first kappa shape index (κ1) is 14.5. The van der Waals surface area contributed by atoms with Crippen LogP contribution in [-0.2, 0) is 0 Å². The molecule has 3 nitrogen and oxygen atoms in total. The Labute approximate surface area is 113 Å². The van der Waals surface area contributed by atoms with Gasteiger partial charge in [-0.2, -0.15) is 5.26 Å². The van der Waals surface area contributed by atoms with Crippen LogP contribution in [0.2, 0.25) is 5.02 Å². The van der Waals surface area contributed by atoms with E-state index in [0.717, 1.165) is 0 Å². The van der Waals surface area contributed by atoms with Crippen LogP contribution in [0.1, 0.15) is 37.6 Å². The molecule has 1 N–H and O–H groups in total. The van der Waals surface area contributed by atoms with Gasteiger partial charge in [-0.15, -0.1) is 0 Å². The maximum atomic E-state index is 12.0. The molecule has 0 fully saturated rings. The van der Waals surface area contributed by atoms with Crippen molar-refractivity contribution >= 4 is 17.5 Å². The third-order valence-corrected chi connectivity index (χ3v) is 2.81. The zero-order valence-electron chi connectivity index (χ0n) is 10.8. The Balaban J connectivity index is 2.80. The van der Waals surface area contributed by atoms with Gasteiger partial charge in [0.1, 0.15) is 5.54 Å². The van der Waals surface area contributed by atoms with Crippen molar-refractivity contribution in [2.45, 2.75) is 32.7 Å². The van der Waals surface area contributed by atoms with Crippen LogP contribution in [0.4, 0.5) is 0 Å². The smallest absolute Gasteiger partial charge is 0.252 e. The van der Waals surface area contributed by atoms with Crippen LogP contribution in [-0.4, -0.2) is 11.4 Å². The lowest BCUT2D eigenvalue weighted by molar-refractivity contribution is 0.0917. The number of halogens is 1. The number of carbonyl (C=O) groups is 1. The summed E-state index contributed by atoms with van der Waals surface area (Å²) < 4.78 is 0. The Morgan fingerprint density at radius 3 is 2.44 bits per heavy atom. The summed E-state index contributed by atoms with van der Waals surface area (Å²) in [5.74, 6) is 0.0801. The zero-order chi connectivity index (χ0) is 13.8. The van der Waals surface area contributed by atoms with Crippen LogP contribution >= 0.6 is 11.6 Å². The average Bonchev–Trinajstić information content (AvgIpc) is 2.28. The summed E-state index contributed by atoms with van der Waals surface area (Å²) in [4.78, 5) is 12.0. The summed E-state index contributed by atoms with van der Waals surface area (Å²) >= 11 is 5.76. The maximum absolute atomic E-state index is 12.0. The Morgan fingerprint density at radius 1 is 1.44 bits per heavy atom. The molecular weight excluding hydrogens is 248 g/mol. The number of hydrogen-bond donors (Lipinski definition) is 1. The molecule has 0 spiro atoms. The van der Waals surface area contributed by atoms with Gasteiger partial charge in [0.2, 0.25) is 0 Å². The van der Waals surface area contributed by atoms with Crippen LogP contribution in [0.15, 0.2) is 24.3 Å². The molecule has 0 aromatic heterocycles. The summed E-state index contributed by atoms with van der Waals surface area (Å²) in [7, 11) is 0. The van der Waals surface area contributed by atoms with Crippen molar-refractivity contribution in [3.05, 3.63) is 34.9 Å². The Hall–Kier alpha value is -1.53. The van der Waals surface area contributed by atoms with Crippen molar-refractivity contribution in [2.24, 2.45) is 5.92 Å². The lowest BCUT2D eigenvalue weighted by atomic mass is 9.92. The van der Waals surface area contributed by atoms with Gasteiger partial charge >= 0.3 is 0 Å². The molecule has 1 amide bonds. The van der Waals surface area contributed by atoms with Gasteiger partial charge in [0.05, 0.1) is 6.07 Å². The number of nitriles is 1. The van der Waals surface area contributed by atoms with E-state index in [1.165, 1.54) is 0 Å². The Bertz CT molecular complexity index is 462. The van der Waals surface area contributed by atoms with Crippen LogP contribution in [0.3, 0.4) is 0 Å². The number of carbonyl (C=O) groups excluding carboxylic acids is 1. The number of hydrogen-bond acceptors (Lipinski definition) is 2. The highest BCUT2D eigenvalue weighted by molar-refractivity contribution is 6.30. The Kier molecular flexibility index (Phi) is 4.75. The van der Waals surface area contributed by atoms with Crippen LogP contribution in [0, 0.1) is 17.2 Å². The lowest BCUT2D eigenvalue weighted by Gasteiger charge is -2.25. The van der Waals surface area contributed by atoms with E-state index in [4.69, 9.17) is 11.6 Å². The summed E-state index contributed by atoms with van der Waals surface area (Å²) in [6, 6.07) is 8.76. The third-order valence-electron chi connectivity index (χ3n) is 2.56. The van der Waals surface area contributed by atoms with Gasteiger partial charge < -0.3 is 5.32 Å². The molecular formula is C14H17ClN2O.